The lowest BCUT2D eigenvalue weighted by atomic mass is 10.2. The lowest BCUT2D eigenvalue weighted by molar-refractivity contribution is -0.581. The lowest BCUT2D eigenvalue weighted by Crippen LogP contribution is -2.38. The summed E-state index contributed by atoms with van der Waals surface area (Å²) in [6.45, 7) is -0.532. The number of esters is 2. The molecule has 3 aromatic rings. The summed E-state index contributed by atoms with van der Waals surface area (Å²) in [6.07, 6.45) is 0. The van der Waals surface area contributed by atoms with Crippen LogP contribution in [0.5, 0.6) is 5.75 Å². The highest BCUT2D eigenvalue weighted by atomic mass is 16.6. The summed E-state index contributed by atoms with van der Waals surface area (Å²) < 4.78 is 15.2. The Hall–Kier alpha value is -4.28. The standard InChI is InChI=1S/C19H15N3O8/c1-28-13-6-7-14-16(9-13)21(25)17(19(24)29-2)15(20-14)10-30-18(23)11-4-3-5-12(8-11)22(26)27/h3-9H,10H2,1-2H3. The van der Waals surface area contributed by atoms with E-state index in [0.29, 0.717) is 10.5 Å². The van der Waals surface area contributed by atoms with Crippen LogP contribution < -0.4 is 9.47 Å². The van der Waals surface area contributed by atoms with Gasteiger partial charge in [0.1, 0.15) is 17.9 Å². The molecule has 0 amide bonds. The van der Waals surface area contributed by atoms with Gasteiger partial charge >= 0.3 is 17.6 Å². The number of non-ortho nitro benzene ring substituents is 1. The van der Waals surface area contributed by atoms with E-state index in [2.05, 4.69) is 9.72 Å². The molecule has 0 aliphatic carbocycles. The SMILES string of the molecule is COC(=O)c1c(COC(=O)c2cccc([N+](=O)[O-])c2)nc2ccc(OC)cc2[n+]1[O-]. The topological polar surface area (TPSA) is 145 Å². The number of benzene rings is 2. The lowest BCUT2D eigenvalue weighted by Gasteiger charge is -2.11. The van der Waals surface area contributed by atoms with Gasteiger partial charge in [-0.2, -0.15) is 4.73 Å². The maximum atomic E-state index is 12.8. The predicted molar refractivity (Wildman–Crippen MR) is 101 cm³/mol. The summed E-state index contributed by atoms with van der Waals surface area (Å²) in [5.41, 5.74) is -0.638. The van der Waals surface area contributed by atoms with E-state index in [-0.39, 0.29) is 28.0 Å². The van der Waals surface area contributed by atoms with Crippen LogP contribution in [-0.4, -0.2) is 36.1 Å². The number of fused-ring (bicyclic) bond motifs is 1. The fourth-order valence-electron chi connectivity index (χ4n) is 2.69. The van der Waals surface area contributed by atoms with Crippen molar-refractivity contribution in [2.75, 3.05) is 14.2 Å². The monoisotopic (exact) mass is 413 g/mol. The fraction of sp³-hybridized carbons (Fsp3) is 0.158. The maximum Gasteiger partial charge on any atom is 0.406 e. The first-order valence-corrected chi connectivity index (χ1v) is 8.45. The van der Waals surface area contributed by atoms with E-state index in [9.17, 15) is 24.9 Å². The summed E-state index contributed by atoms with van der Waals surface area (Å²) in [4.78, 5) is 38.9. The van der Waals surface area contributed by atoms with E-state index >= 15 is 0 Å². The van der Waals surface area contributed by atoms with E-state index in [1.807, 2.05) is 0 Å². The zero-order chi connectivity index (χ0) is 21.8. The van der Waals surface area contributed by atoms with Gasteiger partial charge in [-0.1, -0.05) is 6.07 Å². The quantitative estimate of drug-likeness (QED) is 0.194. The van der Waals surface area contributed by atoms with Gasteiger partial charge in [-0.25, -0.2) is 14.6 Å². The van der Waals surface area contributed by atoms with Crippen molar-refractivity contribution in [1.29, 1.82) is 0 Å². The Morgan fingerprint density at radius 1 is 1.13 bits per heavy atom. The van der Waals surface area contributed by atoms with Gasteiger partial charge in [0.05, 0.1) is 30.8 Å². The van der Waals surface area contributed by atoms with Crippen LogP contribution in [0.25, 0.3) is 11.0 Å². The number of rotatable bonds is 6. The van der Waals surface area contributed by atoms with Gasteiger partial charge in [-0.15, -0.1) is 0 Å². The third-order valence-corrected chi connectivity index (χ3v) is 4.14. The molecule has 0 radical (unpaired) electrons. The fourth-order valence-corrected chi connectivity index (χ4v) is 2.69. The van der Waals surface area contributed by atoms with E-state index in [1.54, 1.807) is 6.07 Å². The Bertz CT molecular complexity index is 1160. The number of hydrogen-bond acceptors (Lipinski definition) is 9. The Kier molecular flexibility index (Phi) is 5.72. The van der Waals surface area contributed by atoms with Gasteiger partial charge in [0.2, 0.25) is 5.52 Å². The van der Waals surface area contributed by atoms with Crippen LogP contribution >= 0.6 is 0 Å². The van der Waals surface area contributed by atoms with Crippen LogP contribution in [0.1, 0.15) is 26.5 Å². The van der Waals surface area contributed by atoms with Crippen molar-refractivity contribution in [2.45, 2.75) is 6.61 Å². The number of carbonyl (C=O) groups excluding carboxylic acids is 2. The second kappa shape index (κ2) is 8.39. The number of nitro groups is 1. The second-order valence-electron chi connectivity index (χ2n) is 5.93. The number of nitro benzene ring substituents is 1. The van der Waals surface area contributed by atoms with Gasteiger partial charge in [-0.05, 0) is 18.2 Å². The van der Waals surface area contributed by atoms with Crippen LogP contribution in [0, 0.1) is 15.3 Å². The van der Waals surface area contributed by atoms with E-state index in [0.717, 1.165) is 13.2 Å². The largest absolute Gasteiger partial charge is 0.618 e. The maximum absolute atomic E-state index is 12.8. The summed E-state index contributed by atoms with van der Waals surface area (Å²) in [5.74, 6) is -1.47. The van der Waals surface area contributed by atoms with E-state index < -0.39 is 29.2 Å². The Balaban J connectivity index is 1.96. The molecule has 0 saturated carbocycles. The van der Waals surface area contributed by atoms with Crippen molar-refractivity contribution < 1.29 is 33.5 Å². The van der Waals surface area contributed by atoms with Gasteiger partial charge < -0.3 is 19.4 Å². The number of carbonyl (C=O) groups is 2. The van der Waals surface area contributed by atoms with Gasteiger partial charge in [0.25, 0.3) is 5.69 Å². The molecule has 2 aromatic carbocycles. The van der Waals surface area contributed by atoms with Gasteiger partial charge in [-0.3, -0.25) is 10.1 Å². The molecule has 0 unspecified atom stereocenters. The minimum Gasteiger partial charge on any atom is -0.618 e. The molecule has 1 heterocycles. The van der Waals surface area contributed by atoms with Crippen LogP contribution in [0.4, 0.5) is 5.69 Å². The van der Waals surface area contributed by atoms with Crippen LogP contribution in [0.15, 0.2) is 42.5 Å². The van der Waals surface area contributed by atoms with Crippen molar-refractivity contribution in [3.05, 3.63) is 74.7 Å². The average Bonchev–Trinajstić information content (AvgIpc) is 2.76. The molecule has 11 heteroatoms. The molecular formula is C19H15N3O8. The number of ether oxygens (including phenoxy) is 3. The Morgan fingerprint density at radius 2 is 1.90 bits per heavy atom. The first kappa shape index (κ1) is 20.5. The minimum absolute atomic E-state index is 0.0588. The van der Waals surface area contributed by atoms with Crippen molar-refractivity contribution in [2.24, 2.45) is 0 Å². The molecule has 11 nitrogen and oxygen atoms in total. The smallest absolute Gasteiger partial charge is 0.406 e. The van der Waals surface area contributed by atoms with Crippen molar-refractivity contribution in [3.8, 4) is 5.75 Å². The highest BCUT2D eigenvalue weighted by Gasteiger charge is 2.28. The van der Waals surface area contributed by atoms with Crippen LogP contribution in [-0.2, 0) is 16.1 Å². The van der Waals surface area contributed by atoms with Gasteiger partial charge in [0.15, 0.2) is 5.69 Å². The average molecular weight is 413 g/mol. The molecule has 0 aliphatic heterocycles. The second-order valence-corrected chi connectivity index (χ2v) is 5.93. The summed E-state index contributed by atoms with van der Waals surface area (Å²) in [5, 5.41) is 23.6. The molecule has 0 fully saturated rings. The highest BCUT2D eigenvalue weighted by molar-refractivity contribution is 5.91. The molecule has 0 spiro atoms. The Labute approximate surface area is 169 Å². The Morgan fingerprint density at radius 3 is 2.57 bits per heavy atom. The normalized spacial score (nSPS) is 10.5. The first-order chi connectivity index (χ1) is 14.3. The predicted octanol–water partition coefficient (Wildman–Crippen LogP) is 1.93. The highest BCUT2D eigenvalue weighted by Crippen LogP contribution is 2.20. The molecule has 0 bridgehead atoms. The zero-order valence-corrected chi connectivity index (χ0v) is 15.9. The molecule has 0 aliphatic rings. The van der Waals surface area contributed by atoms with Crippen molar-refractivity contribution in [3.63, 3.8) is 0 Å². The molecular weight excluding hydrogens is 398 g/mol. The molecule has 154 valence electrons. The summed E-state index contributed by atoms with van der Waals surface area (Å²) >= 11 is 0. The van der Waals surface area contributed by atoms with E-state index in [4.69, 9.17) is 9.47 Å². The molecule has 30 heavy (non-hydrogen) atoms. The minimum atomic E-state index is -0.969. The molecule has 0 atom stereocenters. The third-order valence-electron chi connectivity index (χ3n) is 4.14. The molecule has 3 rings (SSSR count). The van der Waals surface area contributed by atoms with Crippen LogP contribution in [0.2, 0.25) is 0 Å². The van der Waals surface area contributed by atoms with Crippen molar-refractivity contribution in [1.82, 2.24) is 4.98 Å². The van der Waals surface area contributed by atoms with Crippen LogP contribution in [0.3, 0.4) is 0 Å². The number of nitrogens with zero attached hydrogens (tertiary/aromatic N) is 3. The number of hydrogen-bond donors (Lipinski definition) is 0. The summed E-state index contributed by atoms with van der Waals surface area (Å²) in [6, 6.07) is 9.44. The van der Waals surface area contributed by atoms with Gasteiger partial charge in [0, 0.05) is 12.1 Å². The molecule has 0 N–H and O–H groups in total. The zero-order valence-electron chi connectivity index (χ0n) is 15.9. The van der Waals surface area contributed by atoms with E-state index in [1.165, 1.54) is 37.4 Å². The summed E-state index contributed by atoms with van der Waals surface area (Å²) in [7, 11) is 2.52. The first-order valence-electron chi connectivity index (χ1n) is 8.45. The number of methoxy groups -OCH3 is 2. The van der Waals surface area contributed by atoms with Crippen molar-refractivity contribution >= 4 is 28.7 Å². The molecule has 0 saturated heterocycles. The number of aromatic nitrogens is 2. The third kappa shape index (κ3) is 3.94. The molecule has 1 aromatic heterocycles.